The molecule has 1 saturated carbocycles. The number of unbranched alkanes of at least 4 members (excludes halogenated alkanes) is 24. The van der Waals surface area contributed by atoms with Gasteiger partial charge >= 0.3 is 7.82 Å². The lowest BCUT2D eigenvalue weighted by Crippen LogP contribution is -2.64. The minimum absolute atomic E-state index is 0.263. The summed E-state index contributed by atoms with van der Waals surface area (Å²) in [6.45, 7) is 3.72. The van der Waals surface area contributed by atoms with Crippen LogP contribution in [0.2, 0.25) is 0 Å². The zero-order valence-electron chi connectivity index (χ0n) is 42.3. The Labute approximate surface area is 411 Å². The van der Waals surface area contributed by atoms with Crippen LogP contribution in [-0.2, 0) is 18.4 Å². The Balaban J connectivity index is 2.51. The summed E-state index contributed by atoms with van der Waals surface area (Å²) in [6, 6.07) is -1.27. The number of phosphoric acid groups is 1. The van der Waals surface area contributed by atoms with Crippen LogP contribution in [0.25, 0.3) is 0 Å². The fraction of sp³-hybridized carbons (Fsp3) is 0.796. The van der Waals surface area contributed by atoms with Crippen molar-refractivity contribution >= 4 is 13.7 Å². The van der Waals surface area contributed by atoms with Gasteiger partial charge in [0.2, 0.25) is 5.91 Å². The van der Waals surface area contributed by atoms with E-state index in [4.69, 9.17) is 9.05 Å². The van der Waals surface area contributed by atoms with Crippen molar-refractivity contribution in [1.82, 2.24) is 5.32 Å². The maximum atomic E-state index is 13.1. The average Bonchev–Trinajstić information content (AvgIpc) is 3.31. The molecule has 0 aliphatic heterocycles. The smallest absolute Gasteiger partial charge is 0.393 e. The molecule has 13 nitrogen and oxygen atoms in total. The van der Waals surface area contributed by atoms with Crippen LogP contribution in [0.3, 0.4) is 0 Å². The third kappa shape index (κ3) is 33.6. The van der Waals surface area contributed by atoms with E-state index in [0.717, 1.165) is 57.8 Å². The molecule has 0 saturated heterocycles. The molecule has 1 amide bonds. The van der Waals surface area contributed by atoms with Crippen molar-refractivity contribution in [2.24, 2.45) is 0 Å². The molecule has 0 aromatic carbocycles. The van der Waals surface area contributed by atoms with Crippen molar-refractivity contribution in [2.75, 3.05) is 6.61 Å². The van der Waals surface area contributed by atoms with Crippen molar-refractivity contribution in [3.05, 3.63) is 60.8 Å². The summed E-state index contributed by atoms with van der Waals surface area (Å²) >= 11 is 0. The van der Waals surface area contributed by atoms with E-state index in [1.807, 2.05) is 0 Å². The number of aliphatic hydroxyl groups excluding tert-OH is 7. The third-order valence-corrected chi connectivity index (χ3v) is 13.6. The molecule has 1 rings (SSSR count). The van der Waals surface area contributed by atoms with Crippen LogP contribution in [0, 0.1) is 0 Å². The molecular formula is C54H98NO12P. The maximum Gasteiger partial charge on any atom is 0.472 e. The molecule has 0 spiro atoms. The van der Waals surface area contributed by atoms with Crippen LogP contribution >= 0.6 is 7.82 Å². The van der Waals surface area contributed by atoms with E-state index in [9.17, 15) is 50.0 Å². The summed E-state index contributed by atoms with van der Waals surface area (Å²) in [7, 11) is -5.16. The molecule has 0 bridgehead atoms. The van der Waals surface area contributed by atoms with E-state index in [-0.39, 0.29) is 6.42 Å². The second kappa shape index (κ2) is 42.7. The van der Waals surface area contributed by atoms with Crippen LogP contribution in [-0.4, -0.2) is 108 Å². The fourth-order valence-corrected chi connectivity index (χ4v) is 9.17. The predicted octanol–water partition coefficient (Wildman–Crippen LogP) is 10.4. The topological polar surface area (TPSA) is 226 Å². The first kappa shape index (κ1) is 64.0. The van der Waals surface area contributed by atoms with Crippen molar-refractivity contribution in [3.63, 3.8) is 0 Å². The Morgan fingerprint density at radius 3 is 1.41 bits per heavy atom. The molecule has 0 aromatic heterocycles. The van der Waals surface area contributed by atoms with Gasteiger partial charge in [0.25, 0.3) is 0 Å². The van der Waals surface area contributed by atoms with Gasteiger partial charge in [-0.15, -0.1) is 0 Å². The van der Waals surface area contributed by atoms with Crippen molar-refractivity contribution in [3.8, 4) is 0 Å². The zero-order valence-corrected chi connectivity index (χ0v) is 43.1. The van der Waals surface area contributed by atoms with Gasteiger partial charge in [-0.25, -0.2) is 4.57 Å². The van der Waals surface area contributed by atoms with E-state index >= 15 is 0 Å². The Morgan fingerprint density at radius 2 is 0.912 bits per heavy atom. The Kier molecular flexibility index (Phi) is 40.2. The van der Waals surface area contributed by atoms with E-state index in [1.165, 1.54) is 122 Å². The highest BCUT2D eigenvalue weighted by molar-refractivity contribution is 7.47. The number of nitrogens with one attached hydrogen (secondary N) is 1. The molecule has 9 N–H and O–H groups in total. The molecule has 14 heteroatoms. The molecule has 1 fully saturated rings. The number of aliphatic hydroxyl groups is 7. The summed E-state index contributed by atoms with van der Waals surface area (Å²) in [5, 5.41) is 74.7. The number of carbonyl (C=O) groups excluding carboxylic acids is 1. The van der Waals surface area contributed by atoms with Crippen LogP contribution in [0.4, 0.5) is 0 Å². The number of hydrogen-bond acceptors (Lipinski definition) is 11. The molecule has 8 unspecified atom stereocenters. The molecule has 1 aliphatic carbocycles. The van der Waals surface area contributed by atoms with Crippen LogP contribution in [0.1, 0.15) is 213 Å². The van der Waals surface area contributed by atoms with Crippen LogP contribution in [0.15, 0.2) is 60.8 Å². The summed E-state index contributed by atoms with van der Waals surface area (Å²) in [5.41, 5.74) is 0. The lowest BCUT2D eigenvalue weighted by molar-refractivity contribution is -0.220. The molecule has 8 atom stereocenters. The molecule has 0 radical (unpaired) electrons. The molecule has 396 valence electrons. The zero-order chi connectivity index (χ0) is 50.1. The van der Waals surface area contributed by atoms with E-state index in [1.54, 1.807) is 6.08 Å². The van der Waals surface area contributed by atoms with Gasteiger partial charge in [-0.1, -0.05) is 197 Å². The highest BCUT2D eigenvalue weighted by Crippen LogP contribution is 2.47. The summed E-state index contributed by atoms with van der Waals surface area (Å²) in [4.78, 5) is 23.5. The summed E-state index contributed by atoms with van der Waals surface area (Å²) < 4.78 is 22.9. The standard InChI is InChI=1S/C54H98NO12P/c1-3-5-7-9-11-13-15-17-19-21-22-23-24-26-28-30-32-34-36-38-40-42-47(57)46(44-66-68(64,65)67-54-52(62)50(60)49(59)51(61)53(54)63)55-48(58)43-45(56)41-39-37-35-33-31-29-27-25-20-18-16-14-12-10-8-6-4-2/h12,14,16,18,24,26,32,34,40,42,45-47,49-54,56-57,59-63H,3-11,13,15,17,19-23,25,27-31,33,35-39,41,43-44H2,1-2H3,(H,55,58)(H,64,65)/b14-12-,18-16-,26-24+,34-32+,42-40+. The fourth-order valence-electron chi connectivity index (χ4n) is 8.20. The minimum atomic E-state index is -5.16. The largest absolute Gasteiger partial charge is 0.472 e. The predicted molar refractivity (Wildman–Crippen MR) is 275 cm³/mol. The van der Waals surface area contributed by atoms with Gasteiger partial charge in [0, 0.05) is 0 Å². The van der Waals surface area contributed by atoms with Crippen molar-refractivity contribution in [2.45, 2.75) is 268 Å². The number of allylic oxidation sites excluding steroid dienone is 9. The van der Waals surface area contributed by atoms with Gasteiger partial charge in [-0.2, -0.15) is 0 Å². The number of carbonyl (C=O) groups is 1. The maximum absolute atomic E-state index is 13.1. The molecule has 0 heterocycles. The highest BCUT2D eigenvalue weighted by atomic mass is 31.2. The Hall–Kier alpha value is -2.00. The number of hydrogen-bond donors (Lipinski definition) is 9. The molecule has 1 aliphatic rings. The lowest BCUT2D eigenvalue weighted by Gasteiger charge is -2.41. The Bertz CT molecular complexity index is 1390. The van der Waals surface area contributed by atoms with E-state index in [0.29, 0.717) is 19.3 Å². The van der Waals surface area contributed by atoms with Gasteiger partial charge in [-0.3, -0.25) is 13.8 Å². The quantitative estimate of drug-likeness (QED) is 0.0120. The van der Waals surface area contributed by atoms with Gasteiger partial charge in [0.05, 0.1) is 31.3 Å². The third-order valence-electron chi connectivity index (χ3n) is 12.6. The normalized spacial score (nSPS) is 22.6. The SMILES string of the molecule is CCCCC/C=C\C=C/CCCCCCCCCCC(O)CC(=O)NC(COP(=O)(O)OC1C(O)C(O)C(O)C(O)C1O)C(O)/C=C/CC/C=C/CC/C=C/CCCCCCCCCCCCC. The van der Waals surface area contributed by atoms with Gasteiger partial charge in [0.15, 0.2) is 0 Å². The number of rotatable bonds is 44. The Morgan fingerprint density at radius 1 is 0.529 bits per heavy atom. The van der Waals surface area contributed by atoms with Crippen LogP contribution < -0.4 is 5.32 Å². The monoisotopic (exact) mass is 984 g/mol. The van der Waals surface area contributed by atoms with Crippen molar-refractivity contribution < 1.29 is 59.0 Å². The molecular weight excluding hydrogens is 886 g/mol. The molecule has 0 aromatic rings. The average molecular weight is 984 g/mol. The van der Waals surface area contributed by atoms with Crippen LogP contribution in [0.5, 0.6) is 0 Å². The van der Waals surface area contributed by atoms with Gasteiger partial charge < -0.3 is 46.0 Å². The number of phosphoric ester groups is 1. The minimum Gasteiger partial charge on any atom is -0.393 e. The first-order valence-corrected chi connectivity index (χ1v) is 28.3. The van der Waals surface area contributed by atoms with E-state index in [2.05, 4.69) is 67.8 Å². The lowest BCUT2D eigenvalue weighted by atomic mass is 9.85. The summed E-state index contributed by atoms with van der Waals surface area (Å²) in [5.74, 6) is -0.612. The van der Waals surface area contributed by atoms with Gasteiger partial charge in [0.1, 0.15) is 36.6 Å². The second-order valence-corrected chi connectivity index (χ2v) is 20.3. The van der Waals surface area contributed by atoms with E-state index < -0.39 is 75.2 Å². The first-order chi connectivity index (χ1) is 32.8. The summed E-state index contributed by atoms with van der Waals surface area (Å²) in [6.07, 6.45) is 40.1. The molecule has 68 heavy (non-hydrogen) atoms. The highest BCUT2D eigenvalue weighted by Gasteiger charge is 2.51. The van der Waals surface area contributed by atoms with Gasteiger partial charge in [-0.05, 0) is 70.6 Å². The first-order valence-electron chi connectivity index (χ1n) is 26.8. The van der Waals surface area contributed by atoms with Crippen molar-refractivity contribution in [1.29, 1.82) is 0 Å². The number of amides is 1. The second-order valence-electron chi connectivity index (χ2n) is 18.9.